The van der Waals surface area contributed by atoms with Gasteiger partial charge in [-0.2, -0.15) is 4.99 Å². The minimum Gasteiger partial charge on any atom is -0.497 e. The summed E-state index contributed by atoms with van der Waals surface area (Å²) in [5.74, 6) is 1.08. The van der Waals surface area contributed by atoms with Crippen LogP contribution in [0.5, 0.6) is 11.5 Å². The Bertz CT molecular complexity index is 978. The van der Waals surface area contributed by atoms with Crippen molar-refractivity contribution in [3.63, 3.8) is 0 Å². The standard InChI is InChI=1S/C22H22N2O3/c1-26-19-11-12-20(27-2)18(14-19)15-22(25)23-21-10-6-7-13-24(21)16-17-8-4-3-5-9-17/h3-14H,15-16H2,1-2H3. The van der Waals surface area contributed by atoms with Crippen molar-refractivity contribution in [1.29, 1.82) is 0 Å². The Hall–Kier alpha value is -3.34. The molecule has 0 spiro atoms. The highest BCUT2D eigenvalue weighted by Crippen LogP contribution is 2.24. The van der Waals surface area contributed by atoms with E-state index in [0.717, 1.165) is 11.1 Å². The zero-order valence-electron chi connectivity index (χ0n) is 15.5. The third-order valence-corrected chi connectivity index (χ3v) is 4.18. The second-order valence-corrected chi connectivity index (χ2v) is 6.03. The molecule has 0 atom stereocenters. The molecule has 0 fully saturated rings. The number of carbonyl (C=O) groups is 1. The summed E-state index contributed by atoms with van der Waals surface area (Å²) in [5, 5.41) is 0. The van der Waals surface area contributed by atoms with Crippen LogP contribution >= 0.6 is 0 Å². The zero-order chi connectivity index (χ0) is 19.1. The van der Waals surface area contributed by atoms with Crippen molar-refractivity contribution < 1.29 is 14.3 Å². The number of hydrogen-bond acceptors (Lipinski definition) is 3. The van der Waals surface area contributed by atoms with Crippen LogP contribution in [0.2, 0.25) is 0 Å². The molecule has 0 unspecified atom stereocenters. The number of carbonyl (C=O) groups excluding carboxylic acids is 1. The second kappa shape index (κ2) is 8.85. The summed E-state index contributed by atoms with van der Waals surface area (Å²) < 4.78 is 12.5. The monoisotopic (exact) mass is 362 g/mol. The Balaban J connectivity index is 1.86. The van der Waals surface area contributed by atoms with E-state index < -0.39 is 0 Å². The lowest BCUT2D eigenvalue weighted by Crippen LogP contribution is -2.22. The quantitative estimate of drug-likeness (QED) is 0.677. The lowest BCUT2D eigenvalue weighted by atomic mass is 10.1. The molecule has 5 heteroatoms. The first-order valence-electron chi connectivity index (χ1n) is 8.67. The fourth-order valence-electron chi connectivity index (χ4n) is 2.83. The van der Waals surface area contributed by atoms with Crippen molar-refractivity contribution in [2.45, 2.75) is 13.0 Å². The number of pyridine rings is 1. The minimum absolute atomic E-state index is 0.139. The molecule has 2 aromatic carbocycles. The van der Waals surface area contributed by atoms with Crippen LogP contribution in [0, 0.1) is 0 Å². The van der Waals surface area contributed by atoms with Crippen molar-refractivity contribution in [1.82, 2.24) is 4.57 Å². The fraction of sp³-hybridized carbons (Fsp3) is 0.182. The maximum Gasteiger partial charge on any atom is 0.252 e. The number of ether oxygens (including phenoxy) is 2. The highest BCUT2D eigenvalue weighted by Gasteiger charge is 2.10. The molecular weight excluding hydrogens is 340 g/mol. The molecule has 0 saturated heterocycles. The molecule has 0 aliphatic carbocycles. The van der Waals surface area contributed by atoms with Crippen LogP contribution in [0.3, 0.4) is 0 Å². The van der Waals surface area contributed by atoms with Gasteiger partial charge in [-0.25, -0.2) is 0 Å². The van der Waals surface area contributed by atoms with E-state index >= 15 is 0 Å². The van der Waals surface area contributed by atoms with E-state index in [4.69, 9.17) is 9.47 Å². The highest BCUT2D eigenvalue weighted by atomic mass is 16.5. The Morgan fingerprint density at radius 1 is 0.963 bits per heavy atom. The van der Waals surface area contributed by atoms with Gasteiger partial charge in [-0.05, 0) is 35.9 Å². The lowest BCUT2D eigenvalue weighted by Gasteiger charge is -2.09. The average molecular weight is 362 g/mol. The summed E-state index contributed by atoms with van der Waals surface area (Å²) in [6.07, 6.45) is 2.06. The van der Waals surface area contributed by atoms with Gasteiger partial charge in [0.25, 0.3) is 5.91 Å². The van der Waals surface area contributed by atoms with Gasteiger partial charge in [-0.1, -0.05) is 36.4 Å². The fourth-order valence-corrected chi connectivity index (χ4v) is 2.83. The largest absolute Gasteiger partial charge is 0.497 e. The second-order valence-electron chi connectivity index (χ2n) is 6.03. The smallest absolute Gasteiger partial charge is 0.252 e. The number of hydrogen-bond donors (Lipinski definition) is 0. The molecule has 0 bridgehead atoms. The van der Waals surface area contributed by atoms with E-state index in [1.165, 1.54) is 0 Å². The normalized spacial score (nSPS) is 11.3. The molecule has 1 amide bonds. The third-order valence-electron chi connectivity index (χ3n) is 4.18. The van der Waals surface area contributed by atoms with Gasteiger partial charge in [-0.3, -0.25) is 4.79 Å². The Morgan fingerprint density at radius 3 is 2.48 bits per heavy atom. The van der Waals surface area contributed by atoms with Gasteiger partial charge in [0.05, 0.1) is 20.6 Å². The Labute approximate surface area is 158 Å². The maximum atomic E-state index is 12.6. The molecular formula is C22H22N2O3. The third kappa shape index (κ3) is 4.85. The molecule has 5 nitrogen and oxygen atoms in total. The molecule has 3 rings (SSSR count). The first kappa shape index (κ1) is 18.5. The first-order chi connectivity index (χ1) is 13.2. The van der Waals surface area contributed by atoms with Crippen molar-refractivity contribution in [2.75, 3.05) is 14.2 Å². The van der Waals surface area contributed by atoms with E-state index in [0.29, 0.717) is 23.5 Å². The summed E-state index contributed by atoms with van der Waals surface area (Å²) >= 11 is 0. The summed E-state index contributed by atoms with van der Waals surface area (Å²) in [6, 6.07) is 21.1. The van der Waals surface area contributed by atoms with E-state index in [2.05, 4.69) is 4.99 Å². The topological polar surface area (TPSA) is 52.8 Å². The van der Waals surface area contributed by atoms with Crippen LogP contribution in [-0.2, 0) is 17.8 Å². The van der Waals surface area contributed by atoms with Gasteiger partial charge < -0.3 is 14.0 Å². The Morgan fingerprint density at radius 2 is 1.74 bits per heavy atom. The summed E-state index contributed by atoms with van der Waals surface area (Å²) in [5.41, 5.74) is 2.51. The van der Waals surface area contributed by atoms with Gasteiger partial charge in [0, 0.05) is 18.3 Å². The van der Waals surface area contributed by atoms with Crippen molar-refractivity contribution in [3.05, 3.63) is 89.5 Å². The van der Waals surface area contributed by atoms with Crippen LogP contribution in [0.1, 0.15) is 11.1 Å². The number of methoxy groups -OCH3 is 2. The van der Waals surface area contributed by atoms with Gasteiger partial charge in [0.15, 0.2) is 0 Å². The van der Waals surface area contributed by atoms with Crippen molar-refractivity contribution in [3.8, 4) is 11.5 Å². The van der Waals surface area contributed by atoms with Crippen LogP contribution in [0.4, 0.5) is 0 Å². The van der Waals surface area contributed by atoms with E-state index in [-0.39, 0.29) is 12.3 Å². The zero-order valence-corrected chi connectivity index (χ0v) is 15.5. The number of rotatable bonds is 6. The molecule has 138 valence electrons. The predicted molar refractivity (Wildman–Crippen MR) is 104 cm³/mol. The minimum atomic E-state index is -0.241. The number of nitrogens with zero attached hydrogens (tertiary/aromatic N) is 2. The molecule has 27 heavy (non-hydrogen) atoms. The van der Waals surface area contributed by atoms with E-state index in [9.17, 15) is 4.79 Å². The highest BCUT2D eigenvalue weighted by molar-refractivity contribution is 5.80. The summed E-state index contributed by atoms with van der Waals surface area (Å²) in [7, 11) is 3.17. The van der Waals surface area contributed by atoms with Crippen molar-refractivity contribution in [2.24, 2.45) is 4.99 Å². The van der Waals surface area contributed by atoms with Gasteiger partial charge in [0.1, 0.15) is 17.0 Å². The van der Waals surface area contributed by atoms with E-state index in [1.807, 2.05) is 59.3 Å². The Kier molecular flexibility index (Phi) is 6.05. The predicted octanol–water partition coefficient (Wildman–Crippen LogP) is 3.22. The van der Waals surface area contributed by atoms with Gasteiger partial charge >= 0.3 is 0 Å². The van der Waals surface area contributed by atoms with Gasteiger partial charge in [0.2, 0.25) is 0 Å². The molecule has 0 saturated carbocycles. The molecule has 1 heterocycles. The maximum absolute atomic E-state index is 12.6. The van der Waals surface area contributed by atoms with Crippen LogP contribution < -0.4 is 15.0 Å². The molecule has 0 radical (unpaired) electrons. The summed E-state index contributed by atoms with van der Waals surface area (Å²) in [4.78, 5) is 16.9. The average Bonchev–Trinajstić information content (AvgIpc) is 2.70. The van der Waals surface area contributed by atoms with Crippen LogP contribution in [0.15, 0.2) is 77.9 Å². The molecule has 0 aliphatic heterocycles. The first-order valence-corrected chi connectivity index (χ1v) is 8.67. The SMILES string of the molecule is COc1ccc(OC)c(CC(=O)N=c2ccccn2Cc2ccccc2)c1. The number of benzene rings is 2. The molecule has 3 aromatic rings. The molecule has 0 aliphatic rings. The molecule has 1 aromatic heterocycles. The lowest BCUT2D eigenvalue weighted by molar-refractivity contribution is -0.117. The van der Waals surface area contributed by atoms with Crippen LogP contribution in [0.25, 0.3) is 0 Å². The van der Waals surface area contributed by atoms with Gasteiger partial charge in [-0.15, -0.1) is 0 Å². The number of aromatic nitrogens is 1. The van der Waals surface area contributed by atoms with E-state index in [1.54, 1.807) is 32.4 Å². The van der Waals surface area contributed by atoms with Crippen molar-refractivity contribution >= 4 is 5.91 Å². The van der Waals surface area contributed by atoms with Crippen LogP contribution in [-0.4, -0.2) is 24.7 Å². The molecule has 0 N–H and O–H groups in total. The number of amides is 1. The summed E-state index contributed by atoms with van der Waals surface area (Å²) in [6.45, 7) is 0.649.